The van der Waals surface area contributed by atoms with E-state index in [0.29, 0.717) is 5.95 Å². The lowest BCUT2D eigenvalue weighted by molar-refractivity contribution is 0.197. The third-order valence-corrected chi connectivity index (χ3v) is 3.23. The second-order valence-electron chi connectivity index (χ2n) is 5.15. The molecule has 5 nitrogen and oxygen atoms in total. The van der Waals surface area contributed by atoms with Gasteiger partial charge in [-0.05, 0) is 25.3 Å². The van der Waals surface area contributed by atoms with Crippen LogP contribution in [0, 0.1) is 6.92 Å². The second-order valence-corrected chi connectivity index (χ2v) is 5.15. The maximum atomic E-state index is 5.03. The van der Waals surface area contributed by atoms with E-state index in [4.69, 9.17) is 4.74 Å². The van der Waals surface area contributed by atoms with E-state index in [1.165, 1.54) is 5.56 Å². The van der Waals surface area contributed by atoms with E-state index in [-0.39, 0.29) is 0 Å². The van der Waals surface area contributed by atoms with E-state index >= 15 is 0 Å². The minimum absolute atomic E-state index is 0.665. The predicted octanol–water partition coefficient (Wildman–Crippen LogP) is 2.89. The molecule has 1 heterocycles. The van der Waals surface area contributed by atoms with Gasteiger partial charge in [-0.25, -0.2) is 4.98 Å². The molecule has 0 atom stereocenters. The fourth-order valence-electron chi connectivity index (χ4n) is 2.13. The summed E-state index contributed by atoms with van der Waals surface area (Å²) in [7, 11) is 1.71. The Labute approximate surface area is 132 Å². The van der Waals surface area contributed by atoms with Crippen LogP contribution >= 0.6 is 0 Å². The first-order chi connectivity index (χ1) is 10.8. The molecule has 0 aliphatic carbocycles. The second kappa shape index (κ2) is 9.00. The van der Waals surface area contributed by atoms with Crippen molar-refractivity contribution < 1.29 is 4.74 Å². The first-order valence-electron chi connectivity index (χ1n) is 7.64. The Morgan fingerprint density at radius 3 is 2.64 bits per heavy atom. The molecule has 0 spiro atoms. The lowest BCUT2D eigenvalue weighted by atomic mass is 10.1. The van der Waals surface area contributed by atoms with Crippen LogP contribution in [0.25, 0.3) is 0 Å². The zero-order valence-corrected chi connectivity index (χ0v) is 13.3. The molecule has 0 unspecified atom stereocenters. The van der Waals surface area contributed by atoms with Crippen molar-refractivity contribution in [1.29, 1.82) is 0 Å². The molecule has 2 aromatic rings. The number of hydrogen-bond donors (Lipinski definition) is 2. The van der Waals surface area contributed by atoms with Gasteiger partial charge in [0.1, 0.15) is 5.82 Å². The number of nitrogens with zero attached hydrogens (tertiary/aromatic N) is 2. The molecule has 2 rings (SSSR count). The van der Waals surface area contributed by atoms with Crippen LogP contribution in [-0.4, -0.2) is 36.8 Å². The Kier molecular flexibility index (Phi) is 6.64. The highest BCUT2D eigenvalue weighted by atomic mass is 16.5. The lowest BCUT2D eigenvalue weighted by Gasteiger charge is -2.10. The molecule has 0 saturated heterocycles. The summed E-state index contributed by atoms with van der Waals surface area (Å²) in [5.41, 5.74) is 2.27. The molecular formula is C17H24N4O. The highest BCUT2D eigenvalue weighted by Gasteiger charge is 2.02. The number of nitrogens with one attached hydrogen (secondary N) is 2. The van der Waals surface area contributed by atoms with Gasteiger partial charge in [-0.1, -0.05) is 30.3 Å². The largest absolute Gasteiger partial charge is 0.385 e. The summed E-state index contributed by atoms with van der Waals surface area (Å²) < 4.78 is 5.03. The molecule has 0 fully saturated rings. The number of rotatable bonds is 9. The van der Waals surface area contributed by atoms with Crippen LogP contribution in [0.4, 0.5) is 11.8 Å². The van der Waals surface area contributed by atoms with Crippen LogP contribution in [0.5, 0.6) is 0 Å². The van der Waals surface area contributed by atoms with Crippen molar-refractivity contribution in [3.63, 3.8) is 0 Å². The lowest BCUT2D eigenvalue weighted by Crippen LogP contribution is -2.11. The molecule has 1 aromatic heterocycles. The zero-order valence-electron chi connectivity index (χ0n) is 13.3. The molecule has 22 heavy (non-hydrogen) atoms. The molecule has 0 radical (unpaired) electrons. The smallest absolute Gasteiger partial charge is 0.224 e. The highest BCUT2D eigenvalue weighted by molar-refractivity contribution is 5.42. The number of ether oxygens (including phenoxy) is 1. The van der Waals surface area contributed by atoms with Gasteiger partial charge in [-0.3, -0.25) is 0 Å². The Bertz CT molecular complexity index is 560. The average molecular weight is 300 g/mol. The number of benzene rings is 1. The quantitative estimate of drug-likeness (QED) is 0.697. The first kappa shape index (κ1) is 16.2. The van der Waals surface area contributed by atoms with Crippen LogP contribution in [-0.2, 0) is 11.2 Å². The molecule has 0 aliphatic heterocycles. The van der Waals surface area contributed by atoms with Gasteiger partial charge >= 0.3 is 0 Å². The third-order valence-electron chi connectivity index (χ3n) is 3.23. The molecule has 5 heteroatoms. The SMILES string of the molecule is COCCCNc1nc(C)cc(NCCc2ccccc2)n1. The van der Waals surface area contributed by atoms with E-state index in [2.05, 4.69) is 44.9 Å². The van der Waals surface area contributed by atoms with Gasteiger partial charge in [0.05, 0.1) is 0 Å². The Hall–Kier alpha value is -2.14. The van der Waals surface area contributed by atoms with Crippen molar-refractivity contribution in [1.82, 2.24) is 9.97 Å². The third kappa shape index (κ3) is 5.69. The van der Waals surface area contributed by atoms with Crippen molar-refractivity contribution in [3.8, 4) is 0 Å². The van der Waals surface area contributed by atoms with Gasteiger partial charge in [0, 0.05) is 38.6 Å². The van der Waals surface area contributed by atoms with Crippen molar-refractivity contribution in [2.75, 3.05) is 37.4 Å². The summed E-state index contributed by atoms with van der Waals surface area (Å²) in [6.07, 6.45) is 1.91. The van der Waals surface area contributed by atoms with Gasteiger partial charge < -0.3 is 15.4 Å². The Morgan fingerprint density at radius 2 is 1.86 bits per heavy atom. The Morgan fingerprint density at radius 1 is 1.05 bits per heavy atom. The normalized spacial score (nSPS) is 10.5. The molecule has 0 saturated carbocycles. The van der Waals surface area contributed by atoms with Crippen LogP contribution in [0.15, 0.2) is 36.4 Å². The average Bonchev–Trinajstić information content (AvgIpc) is 2.52. The number of aryl methyl sites for hydroxylation is 1. The van der Waals surface area contributed by atoms with Crippen molar-refractivity contribution >= 4 is 11.8 Å². The molecule has 118 valence electrons. The minimum atomic E-state index is 0.665. The molecule has 2 N–H and O–H groups in total. The topological polar surface area (TPSA) is 59.1 Å². The maximum absolute atomic E-state index is 5.03. The van der Waals surface area contributed by atoms with Crippen molar-refractivity contribution in [3.05, 3.63) is 47.7 Å². The van der Waals surface area contributed by atoms with Crippen molar-refractivity contribution in [2.24, 2.45) is 0 Å². The zero-order chi connectivity index (χ0) is 15.6. The number of aromatic nitrogens is 2. The predicted molar refractivity (Wildman–Crippen MR) is 90.4 cm³/mol. The van der Waals surface area contributed by atoms with E-state index < -0.39 is 0 Å². The number of hydrogen-bond acceptors (Lipinski definition) is 5. The van der Waals surface area contributed by atoms with Gasteiger partial charge in [-0.2, -0.15) is 4.98 Å². The monoisotopic (exact) mass is 300 g/mol. The van der Waals surface area contributed by atoms with E-state index in [1.54, 1.807) is 7.11 Å². The van der Waals surface area contributed by atoms with Gasteiger partial charge in [0.15, 0.2) is 0 Å². The van der Waals surface area contributed by atoms with Crippen LogP contribution in [0.1, 0.15) is 17.7 Å². The summed E-state index contributed by atoms with van der Waals surface area (Å²) in [5.74, 6) is 1.52. The van der Waals surface area contributed by atoms with Crippen LogP contribution < -0.4 is 10.6 Å². The van der Waals surface area contributed by atoms with Gasteiger partial charge in [0.2, 0.25) is 5.95 Å². The first-order valence-corrected chi connectivity index (χ1v) is 7.64. The van der Waals surface area contributed by atoms with E-state index in [0.717, 1.165) is 44.0 Å². The van der Waals surface area contributed by atoms with Gasteiger partial charge in [-0.15, -0.1) is 0 Å². The van der Waals surface area contributed by atoms with Crippen LogP contribution in [0.3, 0.4) is 0 Å². The Balaban J connectivity index is 1.83. The molecule has 1 aromatic carbocycles. The molecule has 0 aliphatic rings. The minimum Gasteiger partial charge on any atom is -0.385 e. The number of methoxy groups -OCH3 is 1. The standard InChI is InChI=1S/C17H24N4O/c1-14-13-16(18-11-9-15-7-4-3-5-8-15)21-17(20-14)19-10-6-12-22-2/h3-5,7-8,13H,6,9-12H2,1-2H3,(H2,18,19,20,21). The van der Waals surface area contributed by atoms with Gasteiger partial charge in [0.25, 0.3) is 0 Å². The molecule has 0 amide bonds. The summed E-state index contributed by atoms with van der Waals surface area (Å²) in [5, 5.41) is 6.59. The fraction of sp³-hybridized carbons (Fsp3) is 0.412. The number of anilines is 2. The van der Waals surface area contributed by atoms with E-state index in [9.17, 15) is 0 Å². The van der Waals surface area contributed by atoms with Crippen molar-refractivity contribution in [2.45, 2.75) is 19.8 Å². The summed E-state index contributed by atoms with van der Waals surface area (Å²) in [4.78, 5) is 8.88. The maximum Gasteiger partial charge on any atom is 0.224 e. The summed E-state index contributed by atoms with van der Waals surface area (Å²) >= 11 is 0. The van der Waals surface area contributed by atoms with Crippen LogP contribution in [0.2, 0.25) is 0 Å². The highest BCUT2D eigenvalue weighted by Crippen LogP contribution is 2.10. The van der Waals surface area contributed by atoms with E-state index in [1.807, 2.05) is 19.1 Å². The summed E-state index contributed by atoms with van der Waals surface area (Å²) in [6, 6.07) is 12.4. The molecule has 0 bridgehead atoms. The summed E-state index contributed by atoms with van der Waals surface area (Å²) in [6.45, 7) is 4.37. The fourth-order valence-corrected chi connectivity index (χ4v) is 2.13. The molecular weight excluding hydrogens is 276 g/mol.